The molecular weight excluding hydrogens is 698 g/mol. The molecule has 0 N–H and O–H groups in total. The number of hydrogen-bond acceptors (Lipinski definition) is 10. The standard InChI is InChI=1S/C37H42ClN3O9S/c1-39(2)34(42)30-20-26(50-35(43)23-11-7-6-8-12-23)22-40(30)37(27-13-9-10-14-31(27)48-4)28-19-24(38)15-17-29(28)41(36(37)44)51(45,46)33-18-16-25(47-3)21-32(33)49-5/h9-10,13-19,21,23,26,30H,6-8,11-12,20,22H2,1-5H3/t26?,30?,37-/m0/s1. The molecular formula is C37H42ClN3O9S. The van der Waals surface area contributed by atoms with E-state index in [-0.39, 0.29) is 69.0 Å². The van der Waals surface area contributed by atoms with Crippen molar-refractivity contribution in [1.82, 2.24) is 9.80 Å². The first-order valence-electron chi connectivity index (χ1n) is 16.8. The number of methoxy groups -OCH3 is 3. The number of halogens is 1. The maximum Gasteiger partial charge on any atom is 0.309 e. The number of likely N-dealkylation sites (tertiary alicyclic amines) is 1. The number of fused-ring (bicyclic) bond motifs is 1. The van der Waals surface area contributed by atoms with E-state index in [9.17, 15) is 18.0 Å². The lowest BCUT2D eigenvalue weighted by Crippen LogP contribution is -2.59. The molecule has 3 aromatic carbocycles. The summed E-state index contributed by atoms with van der Waals surface area (Å²) in [7, 11) is 2.72. The second-order valence-corrected chi connectivity index (χ2v) is 15.4. The van der Waals surface area contributed by atoms with Crippen LogP contribution in [0.25, 0.3) is 0 Å². The molecule has 6 rings (SSSR count). The van der Waals surface area contributed by atoms with Crippen LogP contribution in [-0.4, -0.2) is 90.1 Å². The molecule has 12 nitrogen and oxygen atoms in total. The van der Waals surface area contributed by atoms with E-state index >= 15 is 4.79 Å². The zero-order chi connectivity index (χ0) is 36.7. The number of para-hydroxylation sites is 1. The molecule has 1 aliphatic carbocycles. The maximum absolute atomic E-state index is 15.6. The Kier molecular flexibility index (Phi) is 10.3. The minimum absolute atomic E-state index is 0.0341. The molecule has 2 amide bonds. The van der Waals surface area contributed by atoms with Gasteiger partial charge in [0.15, 0.2) is 5.54 Å². The van der Waals surface area contributed by atoms with Gasteiger partial charge < -0.3 is 23.8 Å². The molecule has 14 heteroatoms. The topological polar surface area (TPSA) is 132 Å². The summed E-state index contributed by atoms with van der Waals surface area (Å²) in [6, 6.07) is 14.5. The number of esters is 1. The van der Waals surface area contributed by atoms with Gasteiger partial charge in [-0.1, -0.05) is 49.1 Å². The maximum atomic E-state index is 15.6. The number of sulfonamides is 1. The Labute approximate surface area is 303 Å². The molecule has 2 unspecified atom stereocenters. The van der Waals surface area contributed by atoms with Crippen molar-refractivity contribution in [2.24, 2.45) is 5.92 Å². The van der Waals surface area contributed by atoms with E-state index in [1.54, 1.807) is 49.3 Å². The minimum Gasteiger partial charge on any atom is -0.497 e. The second kappa shape index (κ2) is 14.4. The highest BCUT2D eigenvalue weighted by molar-refractivity contribution is 7.93. The predicted octanol–water partition coefficient (Wildman–Crippen LogP) is 5.00. The first-order valence-corrected chi connectivity index (χ1v) is 18.7. The van der Waals surface area contributed by atoms with E-state index < -0.39 is 33.6 Å². The van der Waals surface area contributed by atoms with E-state index in [1.807, 2.05) is 0 Å². The third-order valence-electron chi connectivity index (χ3n) is 10.1. The Hall–Kier alpha value is -4.33. The van der Waals surface area contributed by atoms with Crippen molar-refractivity contribution in [2.45, 2.75) is 61.1 Å². The Balaban J connectivity index is 1.58. The highest BCUT2D eigenvalue weighted by atomic mass is 35.5. The number of ether oxygens (including phenoxy) is 4. The smallest absolute Gasteiger partial charge is 0.309 e. The van der Waals surface area contributed by atoms with Crippen LogP contribution < -0.4 is 18.5 Å². The fourth-order valence-electron chi connectivity index (χ4n) is 7.69. The number of carbonyl (C=O) groups is 3. The quantitative estimate of drug-likeness (QED) is 0.262. The van der Waals surface area contributed by atoms with Gasteiger partial charge in [0.2, 0.25) is 5.91 Å². The predicted molar refractivity (Wildman–Crippen MR) is 190 cm³/mol. The second-order valence-electron chi connectivity index (χ2n) is 13.2. The average Bonchev–Trinajstić information content (AvgIpc) is 3.67. The molecule has 0 aromatic heterocycles. The van der Waals surface area contributed by atoms with Gasteiger partial charge >= 0.3 is 5.97 Å². The number of amides is 2. The van der Waals surface area contributed by atoms with Crippen molar-refractivity contribution < 1.29 is 41.7 Å². The third kappa shape index (κ3) is 6.18. The highest BCUT2D eigenvalue weighted by Crippen LogP contribution is 2.55. The van der Waals surface area contributed by atoms with Gasteiger partial charge in [-0.15, -0.1) is 0 Å². The summed E-state index contributed by atoms with van der Waals surface area (Å²) in [6.45, 7) is -0.0573. The zero-order valence-corrected chi connectivity index (χ0v) is 30.8. The molecule has 51 heavy (non-hydrogen) atoms. The molecule has 3 atom stereocenters. The summed E-state index contributed by atoms with van der Waals surface area (Å²) < 4.78 is 53.1. The van der Waals surface area contributed by atoms with Crippen LogP contribution in [0.3, 0.4) is 0 Å². The number of carbonyl (C=O) groups excluding carboxylic acids is 3. The lowest BCUT2D eigenvalue weighted by atomic mass is 9.80. The van der Waals surface area contributed by atoms with Crippen molar-refractivity contribution >= 4 is 45.1 Å². The Bertz CT molecular complexity index is 1950. The fraction of sp³-hybridized carbons (Fsp3) is 0.432. The van der Waals surface area contributed by atoms with E-state index in [0.29, 0.717) is 5.75 Å². The van der Waals surface area contributed by atoms with Gasteiger partial charge in [-0.3, -0.25) is 19.3 Å². The summed E-state index contributed by atoms with van der Waals surface area (Å²) in [5.41, 5.74) is -1.44. The minimum atomic E-state index is -4.70. The van der Waals surface area contributed by atoms with Crippen LogP contribution in [0.2, 0.25) is 5.02 Å². The van der Waals surface area contributed by atoms with Crippen molar-refractivity contribution in [3.63, 3.8) is 0 Å². The molecule has 1 saturated carbocycles. The van der Waals surface area contributed by atoms with E-state index in [2.05, 4.69) is 0 Å². The summed E-state index contributed by atoms with van der Waals surface area (Å²) in [6.07, 6.45) is 3.69. The van der Waals surface area contributed by atoms with E-state index in [0.717, 1.165) is 36.4 Å². The van der Waals surface area contributed by atoms with Gasteiger partial charge in [0.25, 0.3) is 15.9 Å². The molecule has 3 aliphatic rings. The number of rotatable bonds is 10. The number of nitrogens with zero attached hydrogens (tertiary/aromatic N) is 3. The summed E-state index contributed by atoms with van der Waals surface area (Å²) in [5, 5.41) is 0.233. The van der Waals surface area contributed by atoms with Crippen LogP contribution in [0.4, 0.5) is 5.69 Å². The molecule has 2 heterocycles. The van der Waals surface area contributed by atoms with Crippen molar-refractivity contribution in [1.29, 1.82) is 0 Å². The van der Waals surface area contributed by atoms with Crippen LogP contribution in [0.1, 0.15) is 49.7 Å². The van der Waals surface area contributed by atoms with Crippen molar-refractivity contribution in [2.75, 3.05) is 46.3 Å². The van der Waals surface area contributed by atoms with Crippen LogP contribution in [0.5, 0.6) is 17.2 Å². The Morgan fingerprint density at radius 3 is 2.25 bits per heavy atom. The van der Waals surface area contributed by atoms with Crippen molar-refractivity contribution in [3.05, 3.63) is 76.8 Å². The number of benzene rings is 3. The summed E-state index contributed by atoms with van der Waals surface area (Å²) >= 11 is 6.65. The number of likely N-dealkylation sites (N-methyl/N-ethyl adjacent to an activating group) is 1. The van der Waals surface area contributed by atoms with Gasteiger partial charge in [0.1, 0.15) is 28.2 Å². The largest absolute Gasteiger partial charge is 0.497 e. The highest BCUT2D eigenvalue weighted by Gasteiger charge is 2.64. The Morgan fingerprint density at radius 2 is 1.59 bits per heavy atom. The third-order valence-corrected chi connectivity index (χ3v) is 12.1. The molecule has 3 aromatic rings. The number of anilines is 1. The summed E-state index contributed by atoms with van der Waals surface area (Å²) in [4.78, 5) is 46.0. The zero-order valence-electron chi connectivity index (χ0n) is 29.3. The molecule has 0 bridgehead atoms. The lowest BCUT2D eigenvalue weighted by Gasteiger charge is -2.42. The van der Waals surface area contributed by atoms with Crippen LogP contribution in [-0.2, 0) is 34.7 Å². The molecule has 1 saturated heterocycles. The monoisotopic (exact) mass is 739 g/mol. The Morgan fingerprint density at radius 1 is 0.882 bits per heavy atom. The van der Waals surface area contributed by atoms with Gasteiger partial charge in [-0.05, 0) is 49.2 Å². The first kappa shape index (κ1) is 36.5. The average molecular weight is 740 g/mol. The molecule has 0 radical (unpaired) electrons. The van der Waals surface area contributed by atoms with Crippen LogP contribution >= 0.6 is 11.6 Å². The van der Waals surface area contributed by atoms with Gasteiger partial charge in [-0.2, -0.15) is 0 Å². The van der Waals surface area contributed by atoms with Crippen LogP contribution in [0, 0.1) is 5.92 Å². The van der Waals surface area contributed by atoms with E-state index in [4.69, 9.17) is 30.5 Å². The summed E-state index contributed by atoms with van der Waals surface area (Å²) in [5.74, 6) is -1.23. The molecule has 2 fully saturated rings. The SMILES string of the molecule is COc1ccc(S(=O)(=O)N2C(=O)[C@@](c3ccccc3OC)(N3CC(OC(=O)C4CCCCC4)CC3C(=O)N(C)C)c3cc(Cl)ccc32)c(OC)c1. The molecule has 2 aliphatic heterocycles. The lowest BCUT2D eigenvalue weighted by molar-refractivity contribution is -0.154. The van der Waals surface area contributed by atoms with Crippen LogP contribution in [0.15, 0.2) is 65.6 Å². The van der Waals surface area contributed by atoms with Gasteiger partial charge in [-0.25, -0.2) is 12.7 Å². The normalized spacial score (nSPS) is 22.4. The molecule has 272 valence electrons. The fourth-order valence-corrected chi connectivity index (χ4v) is 9.47. The van der Waals surface area contributed by atoms with E-state index in [1.165, 1.54) is 56.6 Å². The molecule has 0 spiro atoms. The van der Waals surface area contributed by atoms with Crippen molar-refractivity contribution in [3.8, 4) is 17.2 Å². The van der Waals surface area contributed by atoms with Gasteiger partial charge in [0, 0.05) is 49.3 Å². The van der Waals surface area contributed by atoms with Gasteiger partial charge in [0.05, 0.1) is 39.0 Å². The first-order chi connectivity index (χ1) is 24.4. The number of hydrogen-bond donors (Lipinski definition) is 0.